The molecule has 0 aromatic carbocycles. The zero-order valence-electron chi connectivity index (χ0n) is 10.7. The van der Waals surface area contributed by atoms with Crippen molar-refractivity contribution in [3.63, 3.8) is 0 Å². The lowest BCUT2D eigenvalue weighted by Gasteiger charge is -2.15. The Balaban J connectivity index is 2.74. The summed E-state index contributed by atoms with van der Waals surface area (Å²) in [4.78, 5) is 25.6. The van der Waals surface area contributed by atoms with Crippen LogP contribution < -0.4 is 5.32 Å². The zero-order chi connectivity index (χ0) is 15.5. The van der Waals surface area contributed by atoms with Gasteiger partial charge in [0.1, 0.15) is 5.69 Å². The first-order valence-electron chi connectivity index (χ1n) is 5.70. The number of pyridine rings is 1. The van der Waals surface area contributed by atoms with E-state index in [1.807, 2.05) is 0 Å². The van der Waals surface area contributed by atoms with E-state index in [1.165, 1.54) is 13.8 Å². The predicted molar refractivity (Wildman–Crippen MR) is 63.8 cm³/mol. The van der Waals surface area contributed by atoms with Gasteiger partial charge in [0, 0.05) is 5.92 Å². The van der Waals surface area contributed by atoms with Crippen LogP contribution in [-0.4, -0.2) is 22.0 Å². The summed E-state index contributed by atoms with van der Waals surface area (Å²) in [7, 11) is 0. The average molecular weight is 290 g/mol. The van der Waals surface area contributed by atoms with Crippen LogP contribution in [0.5, 0.6) is 0 Å². The Morgan fingerprint density at radius 1 is 1.25 bits per heavy atom. The van der Waals surface area contributed by atoms with Crippen molar-refractivity contribution < 1.29 is 27.9 Å². The van der Waals surface area contributed by atoms with Crippen LogP contribution in [0.1, 0.15) is 19.5 Å². The molecule has 0 spiro atoms. The quantitative estimate of drug-likeness (QED) is 0.892. The molecule has 2 N–H and O–H groups in total. The summed E-state index contributed by atoms with van der Waals surface area (Å²) in [6, 6.07) is 1.80. The lowest BCUT2D eigenvalue weighted by Crippen LogP contribution is -2.30. The third-order valence-electron chi connectivity index (χ3n) is 2.87. The second-order valence-corrected chi connectivity index (χ2v) is 4.33. The van der Waals surface area contributed by atoms with Crippen molar-refractivity contribution in [2.45, 2.75) is 20.0 Å². The Hall–Kier alpha value is -2.12. The standard InChI is InChI=1S/C12H13F3N2O3/c1-6(7(2)11(19)20)10(18)17-8-3-4-9(16-5-8)12(13,14)15/h3-7H,1-2H3,(H,17,18)(H,19,20). The Bertz CT molecular complexity index is 500. The van der Waals surface area contributed by atoms with Crippen LogP contribution in [0.2, 0.25) is 0 Å². The molecule has 0 aliphatic carbocycles. The van der Waals surface area contributed by atoms with Gasteiger partial charge in [-0.2, -0.15) is 13.2 Å². The number of carboxylic acid groups (broad SMARTS) is 1. The molecule has 8 heteroatoms. The van der Waals surface area contributed by atoms with Crippen molar-refractivity contribution in [2.75, 3.05) is 5.32 Å². The average Bonchev–Trinajstić information content (AvgIpc) is 2.36. The van der Waals surface area contributed by atoms with Gasteiger partial charge in [0.25, 0.3) is 0 Å². The number of carboxylic acids is 1. The molecule has 0 radical (unpaired) electrons. The molecule has 110 valence electrons. The highest BCUT2D eigenvalue weighted by molar-refractivity contribution is 5.94. The number of carbonyl (C=O) groups excluding carboxylic acids is 1. The number of rotatable bonds is 4. The van der Waals surface area contributed by atoms with E-state index in [9.17, 15) is 22.8 Å². The molecule has 1 aromatic heterocycles. The number of amides is 1. The first-order valence-corrected chi connectivity index (χ1v) is 5.70. The van der Waals surface area contributed by atoms with E-state index < -0.39 is 35.6 Å². The summed E-state index contributed by atoms with van der Waals surface area (Å²) in [6.45, 7) is 2.79. The van der Waals surface area contributed by atoms with Crippen LogP contribution in [0.3, 0.4) is 0 Å². The minimum absolute atomic E-state index is 0.0763. The molecule has 2 unspecified atom stereocenters. The van der Waals surface area contributed by atoms with Crippen LogP contribution in [0.25, 0.3) is 0 Å². The number of anilines is 1. The summed E-state index contributed by atoms with van der Waals surface area (Å²) >= 11 is 0. The number of hydrogen-bond acceptors (Lipinski definition) is 3. The smallest absolute Gasteiger partial charge is 0.433 e. The van der Waals surface area contributed by atoms with Gasteiger partial charge in [-0.3, -0.25) is 9.59 Å². The minimum atomic E-state index is -4.55. The Morgan fingerprint density at radius 2 is 1.85 bits per heavy atom. The zero-order valence-corrected chi connectivity index (χ0v) is 10.7. The molecular formula is C12H13F3N2O3. The third-order valence-corrected chi connectivity index (χ3v) is 2.87. The van der Waals surface area contributed by atoms with Gasteiger partial charge in [0.05, 0.1) is 17.8 Å². The number of nitrogens with one attached hydrogen (secondary N) is 1. The number of nitrogens with zero attached hydrogens (tertiary/aromatic N) is 1. The van der Waals surface area contributed by atoms with Crippen molar-refractivity contribution in [1.82, 2.24) is 4.98 Å². The topological polar surface area (TPSA) is 79.3 Å². The molecule has 0 saturated heterocycles. The third kappa shape index (κ3) is 3.94. The molecule has 0 aliphatic rings. The monoisotopic (exact) mass is 290 g/mol. The van der Waals surface area contributed by atoms with E-state index in [4.69, 9.17) is 5.11 Å². The first kappa shape index (κ1) is 15.9. The van der Waals surface area contributed by atoms with E-state index in [1.54, 1.807) is 0 Å². The fourth-order valence-corrected chi connectivity index (χ4v) is 1.33. The van der Waals surface area contributed by atoms with Gasteiger partial charge >= 0.3 is 12.1 Å². The number of alkyl halides is 3. The van der Waals surface area contributed by atoms with Gasteiger partial charge in [-0.1, -0.05) is 13.8 Å². The number of halogens is 3. The van der Waals surface area contributed by atoms with Crippen LogP contribution in [0, 0.1) is 11.8 Å². The molecule has 1 rings (SSSR count). The number of aromatic nitrogens is 1. The summed E-state index contributed by atoms with van der Waals surface area (Å²) in [5.74, 6) is -3.45. The maximum absolute atomic E-state index is 12.3. The lowest BCUT2D eigenvalue weighted by atomic mass is 9.95. The van der Waals surface area contributed by atoms with Crippen molar-refractivity contribution in [2.24, 2.45) is 11.8 Å². The van der Waals surface area contributed by atoms with Crippen molar-refractivity contribution in [1.29, 1.82) is 0 Å². The highest BCUT2D eigenvalue weighted by Crippen LogP contribution is 2.27. The van der Waals surface area contributed by atoms with Crippen molar-refractivity contribution >= 4 is 17.6 Å². The number of carbonyl (C=O) groups is 2. The molecule has 20 heavy (non-hydrogen) atoms. The molecule has 5 nitrogen and oxygen atoms in total. The van der Waals surface area contributed by atoms with Crippen LogP contribution in [0.4, 0.5) is 18.9 Å². The van der Waals surface area contributed by atoms with E-state index >= 15 is 0 Å². The summed E-state index contributed by atoms with van der Waals surface area (Å²) in [5.41, 5.74) is -0.991. The van der Waals surface area contributed by atoms with Gasteiger partial charge in [-0.05, 0) is 12.1 Å². The van der Waals surface area contributed by atoms with Crippen molar-refractivity contribution in [3.8, 4) is 0 Å². The minimum Gasteiger partial charge on any atom is -0.481 e. The molecule has 0 saturated carbocycles. The maximum atomic E-state index is 12.3. The van der Waals surface area contributed by atoms with Gasteiger partial charge < -0.3 is 10.4 Å². The number of aliphatic carboxylic acids is 1. The Labute approximate surface area is 112 Å². The second kappa shape index (κ2) is 5.89. The maximum Gasteiger partial charge on any atom is 0.433 e. The fraction of sp³-hybridized carbons (Fsp3) is 0.417. The molecule has 0 fully saturated rings. The number of hydrogen-bond donors (Lipinski definition) is 2. The fourth-order valence-electron chi connectivity index (χ4n) is 1.33. The molecule has 2 atom stereocenters. The Morgan fingerprint density at radius 3 is 2.25 bits per heavy atom. The molecule has 0 aliphatic heterocycles. The van der Waals surface area contributed by atoms with E-state index in [2.05, 4.69) is 10.3 Å². The van der Waals surface area contributed by atoms with Gasteiger partial charge in [0.2, 0.25) is 5.91 Å². The molecule has 1 heterocycles. The summed E-state index contributed by atoms with van der Waals surface area (Å²) in [6.07, 6.45) is -3.67. The van der Waals surface area contributed by atoms with Gasteiger partial charge in [-0.15, -0.1) is 0 Å². The summed E-state index contributed by atoms with van der Waals surface area (Å²) in [5, 5.41) is 11.1. The predicted octanol–water partition coefficient (Wildman–Crippen LogP) is 2.40. The van der Waals surface area contributed by atoms with Crippen LogP contribution in [0.15, 0.2) is 18.3 Å². The second-order valence-electron chi connectivity index (χ2n) is 4.33. The van der Waals surface area contributed by atoms with Gasteiger partial charge in [0.15, 0.2) is 0 Å². The Kier molecular flexibility index (Phi) is 4.69. The first-order chi connectivity index (χ1) is 9.12. The summed E-state index contributed by atoms with van der Waals surface area (Å²) < 4.78 is 36.9. The SMILES string of the molecule is CC(C(=O)O)C(C)C(=O)Nc1ccc(C(F)(F)F)nc1. The molecular weight excluding hydrogens is 277 g/mol. The molecule has 1 aromatic rings. The van der Waals surface area contributed by atoms with E-state index in [0.29, 0.717) is 0 Å². The highest BCUT2D eigenvalue weighted by Gasteiger charge is 2.32. The van der Waals surface area contributed by atoms with E-state index in [0.717, 1.165) is 18.3 Å². The van der Waals surface area contributed by atoms with Crippen molar-refractivity contribution in [3.05, 3.63) is 24.0 Å². The lowest BCUT2D eigenvalue weighted by molar-refractivity contribution is -0.145. The highest BCUT2D eigenvalue weighted by atomic mass is 19.4. The van der Waals surface area contributed by atoms with E-state index in [-0.39, 0.29) is 5.69 Å². The van der Waals surface area contributed by atoms with Crippen LogP contribution in [-0.2, 0) is 15.8 Å². The van der Waals surface area contributed by atoms with Gasteiger partial charge in [-0.25, -0.2) is 4.98 Å². The van der Waals surface area contributed by atoms with Crippen LogP contribution >= 0.6 is 0 Å². The molecule has 1 amide bonds. The molecule has 0 bridgehead atoms. The largest absolute Gasteiger partial charge is 0.481 e. The normalized spacial score (nSPS) is 14.4.